The summed E-state index contributed by atoms with van der Waals surface area (Å²) in [7, 11) is 0. The van der Waals surface area contributed by atoms with Gasteiger partial charge < -0.3 is 34.6 Å². The average molecular weight is 420 g/mol. The third-order valence-corrected chi connectivity index (χ3v) is 3.03. The van der Waals surface area contributed by atoms with E-state index in [-0.39, 0.29) is 0 Å². The molecule has 0 aromatic heterocycles. The van der Waals surface area contributed by atoms with E-state index in [1.807, 2.05) is 0 Å². The number of oxime groups is 1. The molecule has 12 heteroatoms. The van der Waals surface area contributed by atoms with E-state index >= 15 is 0 Å². The summed E-state index contributed by atoms with van der Waals surface area (Å²) in [5.41, 5.74) is -0.869. The maximum atomic E-state index is 12.1. The number of rotatable bonds is 9. The molecule has 0 unspecified atom stereocenters. The fraction of sp³-hybridized carbons (Fsp3) is 0.706. The van der Waals surface area contributed by atoms with E-state index in [4.69, 9.17) is 24.2 Å². The fourth-order valence-electron chi connectivity index (χ4n) is 2.11. The zero-order valence-corrected chi connectivity index (χ0v) is 17.2. The summed E-state index contributed by atoms with van der Waals surface area (Å²) in [6, 6.07) is -1.38. The van der Waals surface area contributed by atoms with Gasteiger partial charge in [0.25, 0.3) is 0 Å². The third kappa shape index (κ3) is 11.5. The van der Waals surface area contributed by atoms with Gasteiger partial charge >= 0.3 is 24.0 Å². The van der Waals surface area contributed by atoms with Gasteiger partial charge in [0.1, 0.15) is 24.4 Å². The number of hydrogen-bond acceptors (Lipinski definition) is 11. The van der Waals surface area contributed by atoms with Crippen molar-refractivity contribution in [2.75, 3.05) is 6.61 Å². The number of alkyl carbamates (subject to hydrolysis) is 1. The van der Waals surface area contributed by atoms with Gasteiger partial charge in [0, 0.05) is 20.8 Å². The Hall–Kier alpha value is -2.89. The molecule has 12 nitrogen and oxygen atoms in total. The monoisotopic (exact) mass is 420 g/mol. The molecule has 0 aliphatic heterocycles. The highest BCUT2D eigenvalue weighted by molar-refractivity contribution is 5.77. The summed E-state index contributed by atoms with van der Waals surface area (Å²) in [4.78, 5) is 46.2. The van der Waals surface area contributed by atoms with Crippen LogP contribution in [0.1, 0.15) is 41.5 Å². The lowest BCUT2D eigenvalue weighted by atomic mass is 10.0. The number of hydrogen-bond donors (Lipinski definition) is 3. The maximum absolute atomic E-state index is 12.1. The zero-order valence-electron chi connectivity index (χ0n) is 17.2. The summed E-state index contributed by atoms with van der Waals surface area (Å²) < 4.78 is 19.9. The lowest BCUT2D eigenvalue weighted by Gasteiger charge is -2.33. The van der Waals surface area contributed by atoms with Crippen molar-refractivity contribution in [3.63, 3.8) is 0 Å². The topological polar surface area (TPSA) is 170 Å². The first-order valence-electron chi connectivity index (χ1n) is 8.59. The molecule has 0 saturated carbocycles. The van der Waals surface area contributed by atoms with Crippen molar-refractivity contribution in [1.29, 1.82) is 0 Å². The second-order valence-electron chi connectivity index (χ2n) is 6.95. The number of esters is 3. The first-order valence-corrected chi connectivity index (χ1v) is 8.59. The molecule has 0 spiro atoms. The normalized spacial score (nSPS) is 15.6. The average Bonchev–Trinajstić information content (AvgIpc) is 2.53. The van der Waals surface area contributed by atoms with Crippen LogP contribution in [-0.4, -0.2) is 77.1 Å². The third-order valence-electron chi connectivity index (χ3n) is 3.03. The quantitative estimate of drug-likeness (QED) is 0.153. The number of amides is 1. The van der Waals surface area contributed by atoms with Crippen LogP contribution in [0.25, 0.3) is 0 Å². The molecule has 0 aliphatic carbocycles. The van der Waals surface area contributed by atoms with Crippen LogP contribution in [0.3, 0.4) is 0 Å². The highest BCUT2D eigenvalue weighted by atomic mass is 16.6. The number of nitrogens with one attached hydrogen (secondary N) is 1. The van der Waals surface area contributed by atoms with E-state index in [1.54, 1.807) is 20.8 Å². The van der Waals surface area contributed by atoms with Crippen LogP contribution in [0.15, 0.2) is 5.16 Å². The van der Waals surface area contributed by atoms with Crippen molar-refractivity contribution >= 4 is 30.2 Å². The van der Waals surface area contributed by atoms with Gasteiger partial charge in [0.05, 0.1) is 6.21 Å². The van der Waals surface area contributed by atoms with Crippen molar-refractivity contribution in [1.82, 2.24) is 5.32 Å². The minimum atomic E-state index is -1.64. The van der Waals surface area contributed by atoms with Gasteiger partial charge in [-0.2, -0.15) is 0 Å². The molecule has 0 saturated heterocycles. The maximum Gasteiger partial charge on any atom is 0.408 e. The Balaban J connectivity index is 5.85. The smallest absolute Gasteiger partial charge is 0.408 e. The molecule has 0 aliphatic rings. The number of carbonyl (C=O) groups is 4. The summed E-state index contributed by atoms with van der Waals surface area (Å²) in [5, 5.41) is 24.4. The van der Waals surface area contributed by atoms with Crippen molar-refractivity contribution in [3.8, 4) is 0 Å². The van der Waals surface area contributed by atoms with Gasteiger partial charge in [-0.1, -0.05) is 5.16 Å². The lowest BCUT2D eigenvalue weighted by molar-refractivity contribution is -0.180. The van der Waals surface area contributed by atoms with E-state index in [0.717, 1.165) is 27.0 Å². The first kappa shape index (κ1) is 26.1. The van der Waals surface area contributed by atoms with Gasteiger partial charge in [-0.15, -0.1) is 0 Å². The van der Waals surface area contributed by atoms with Crippen molar-refractivity contribution in [2.45, 2.75) is 71.5 Å². The van der Waals surface area contributed by atoms with Gasteiger partial charge in [-0.05, 0) is 20.8 Å². The molecule has 0 fully saturated rings. The number of nitrogens with zero attached hydrogens (tertiary/aromatic N) is 1. The van der Waals surface area contributed by atoms with E-state index in [2.05, 4.69) is 10.5 Å². The van der Waals surface area contributed by atoms with Crippen LogP contribution in [0, 0.1) is 0 Å². The molecule has 0 aromatic rings. The second kappa shape index (κ2) is 11.8. The van der Waals surface area contributed by atoms with Crippen LogP contribution in [0.2, 0.25) is 0 Å². The Morgan fingerprint density at radius 1 is 1.00 bits per heavy atom. The number of ether oxygens (including phenoxy) is 4. The summed E-state index contributed by atoms with van der Waals surface area (Å²) in [6.45, 7) is 7.40. The van der Waals surface area contributed by atoms with Crippen molar-refractivity contribution in [3.05, 3.63) is 0 Å². The Morgan fingerprint density at radius 2 is 1.52 bits per heavy atom. The molecule has 0 radical (unpaired) electrons. The first-order chi connectivity index (χ1) is 13.3. The molecule has 0 heterocycles. The molecular weight excluding hydrogens is 392 g/mol. The predicted octanol–water partition coefficient (Wildman–Crippen LogP) is 0.127. The van der Waals surface area contributed by atoms with Crippen LogP contribution in [-0.2, 0) is 33.3 Å². The number of aliphatic hydroxyl groups excluding tert-OH is 1. The van der Waals surface area contributed by atoms with Crippen LogP contribution < -0.4 is 5.32 Å². The number of aliphatic hydroxyl groups is 1. The van der Waals surface area contributed by atoms with Crippen molar-refractivity contribution < 1.29 is 48.4 Å². The van der Waals surface area contributed by atoms with Crippen LogP contribution >= 0.6 is 0 Å². The van der Waals surface area contributed by atoms with Gasteiger partial charge in [-0.3, -0.25) is 14.4 Å². The summed E-state index contributed by atoms with van der Waals surface area (Å²) in [6.07, 6.45) is -4.95. The minimum Gasteiger partial charge on any atom is -0.463 e. The Morgan fingerprint density at radius 3 is 1.93 bits per heavy atom. The largest absolute Gasteiger partial charge is 0.463 e. The molecule has 0 aromatic carbocycles. The molecule has 1 amide bonds. The standard InChI is InChI=1S/C17H28N2O10/c1-9(20)26-8-13(23)15(28-11(3)22)14(27-10(2)21)12(7-18-25)19-16(24)29-17(4,5)6/h7,12-15,23,25H,8H2,1-6H3,(H,19,24)/b18-7-/t12-,13+,14+,15+/m0/s1. The molecule has 0 bridgehead atoms. The van der Waals surface area contributed by atoms with Gasteiger partial charge in [-0.25, -0.2) is 4.79 Å². The molecule has 3 N–H and O–H groups in total. The highest BCUT2D eigenvalue weighted by Crippen LogP contribution is 2.16. The zero-order chi connectivity index (χ0) is 22.8. The number of carbonyl (C=O) groups excluding carboxylic acids is 4. The molecule has 4 atom stereocenters. The highest BCUT2D eigenvalue weighted by Gasteiger charge is 2.40. The Bertz CT molecular complexity index is 614. The van der Waals surface area contributed by atoms with Crippen molar-refractivity contribution in [2.24, 2.45) is 5.16 Å². The lowest BCUT2D eigenvalue weighted by Crippen LogP contribution is -2.57. The summed E-state index contributed by atoms with van der Waals surface area (Å²) in [5.74, 6) is -2.42. The molecular formula is C17H28N2O10. The SMILES string of the molecule is CC(=O)OC[C@@H](O)[C@@H](OC(C)=O)[C@H](OC(C)=O)[C@H](/C=N\O)NC(=O)OC(C)(C)C. The minimum absolute atomic E-state index is 0.597. The Kier molecular flexibility index (Phi) is 10.7. The van der Waals surface area contributed by atoms with E-state index in [9.17, 15) is 24.3 Å². The van der Waals surface area contributed by atoms with Gasteiger partial charge in [0.2, 0.25) is 0 Å². The van der Waals surface area contributed by atoms with Crippen LogP contribution in [0.4, 0.5) is 4.79 Å². The second-order valence-corrected chi connectivity index (χ2v) is 6.95. The van der Waals surface area contributed by atoms with E-state index < -0.39 is 60.6 Å². The molecule has 29 heavy (non-hydrogen) atoms. The predicted molar refractivity (Wildman–Crippen MR) is 97.2 cm³/mol. The summed E-state index contributed by atoms with van der Waals surface area (Å²) >= 11 is 0. The molecule has 166 valence electrons. The van der Waals surface area contributed by atoms with Crippen LogP contribution in [0.5, 0.6) is 0 Å². The Labute approximate surface area is 168 Å². The molecule has 0 rings (SSSR count). The van der Waals surface area contributed by atoms with E-state index in [0.29, 0.717) is 0 Å². The fourth-order valence-corrected chi connectivity index (χ4v) is 2.11. The van der Waals surface area contributed by atoms with E-state index in [1.165, 1.54) is 0 Å². The van der Waals surface area contributed by atoms with Gasteiger partial charge in [0.15, 0.2) is 12.2 Å².